The molecule has 0 spiro atoms. The number of methoxy groups -OCH3 is 1. The van der Waals surface area contributed by atoms with E-state index in [0.29, 0.717) is 0 Å². The average molecular weight is 666 g/mol. The van der Waals surface area contributed by atoms with E-state index in [1.165, 1.54) is 7.11 Å². The number of imide groups is 1. The highest BCUT2D eigenvalue weighted by Crippen LogP contribution is 2.37. The Morgan fingerprint density at radius 2 is 1.25 bits per heavy atom. The number of hydrogen-bond donors (Lipinski definition) is 4. The molecule has 13 nitrogen and oxygen atoms in total. The molecule has 256 valence electrons. The topological polar surface area (TPSA) is 174 Å². The Labute approximate surface area is 277 Å². The first-order chi connectivity index (χ1) is 23.3. The van der Waals surface area contributed by atoms with Crippen molar-refractivity contribution in [3.8, 4) is 0 Å². The van der Waals surface area contributed by atoms with Gasteiger partial charge in [0, 0.05) is 7.11 Å². The second-order valence-corrected chi connectivity index (χ2v) is 11.9. The van der Waals surface area contributed by atoms with Crippen LogP contribution < -0.4 is 0 Å². The van der Waals surface area contributed by atoms with Gasteiger partial charge in [-0.25, -0.2) is 0 Å². The van der Waals surface area contributed by atoms with E-state index in [2.05, 4.69) is 0 Å². The Bertz CT molecular complexity index is 1490. The van der Waals surface area contributed by atoms with E-state index in [1.807, 2.05) is 60.7 Å². The fraction of sp³-hybridized carbons (Fsp3) is 0.429. The molecule has 2 saturated heterocycles. The van der Waals surface area contributed by atoms with Crippen LogP contribution in [0.2, 0.25) is 0 Å². The minimum Gasteiger partial charge on any atom is -0.394 e. The van der Waals surface area contributed by atoms with Gasteiger partial charge in [-0.05, 0) is 23.3 Å². The number of benzene rings is 3. The van der Waals surface area contributed by atoms with Gasteiger partial charge in [-0.1, -0.05) is 72.8 Å². The molecule has 3 aromatic rings. The summed E-state index contributed by atoms with van der Waals surface area (Å²) in [4.78, 5) is 28.7. The van der Waals surface area contributed by atoms with Gasteiger partial charge in [-0.2, -0.15) is 0 Å². The van der Waals surface area contributed by atoms with Crippen LogP contribution in [0.1, 0.15) is 31.8 Å². The number of aliphatic hydroxyl groups is 4. The minimum absolute atomic E-state index is 0.0216. The van der Waals surface area contributed by atoms with Gasteiger partial charge in [0.1, 0.15) is 48.8 Å². The van der Waals surface area contributed by atoms with E-state index in [1.54, 1.807) is 24.3 Å². The van der Waals surface area contributed by atoms with Crippen molar-refractivity contribution in [1.29, 1.82) is 0 Å². The van der Waals surface area contributed by atoms with E-state index >= 15 is 0 Å². The summed E-state index contributed by atoms with van der Waals surface area (Å²) >= 11 is 0. The van der Waals surface area contributed by atoms with E-state index in [4.69, 9.17) is 28.4 Å². The van der Waals surface area contributed by atoms with Crippen molar-refractivity contribution in [3.05, 3.63) is 107 Å². The standard InChI is InChI=1S/C35H39NO12/c1-43-34-26(36-32(41)22-14-8-9-15-23(22)33(36)42)31(45-18-21-12-6-3-7-13-21)30(25(47-34)19-44-17-20-10-4-2-5-11-20)48-35-29(40)28(39)27(38)24(16-37)46-35/h2-15,24-31,34-35,37-40H,16-19H2,1H3/t24-,25-,26-,27+,28+,29-,30-,31-,34-,35+/m1/s1. The number of amides is 2. The SMILES string of the molecule is CO[C@@H]1O[C@H](COCc2ccccc2)[C@@H](O[C@@H]2O[C@H](CO)[C@H](O)[C@H](O)[C@H]2O)[C@H](OCc2ccccc2)[C@H]1N1C(=O)c2ccccc2C1=O. The van der Waals surface area contributed by atoms with Crippen LogP contribution in [-0.2, 0) is 41.6 Å². The number of carbonyl (C=O) groups excluding carboxylic acids is 2. The van der Waals surface area contributed by atoms with E-state index in [0.717, 1.165) is 16.0 Å². The second-order valence-electron chi connectivity index (χ2n) is 11.9. The van der Waals surface area contributed by atoms with Crippen LogP contribution in [0.15, 0.2) is 84.9 Å². The lowest BCUT2D eigenvalue weighted by Crippen LogP contribution is -2.68. The predicted molar refractivity (Wildman–Crippen MR) is 166 cm³/mol. The first-order valence-electron chi connectivity index (χ1n) is 15.7. The van der Waals surface area contributed by atoms with Crippen LogP contribution in [0.4, 0.5) is 0 Å². The van der Waals surface area contributed by atoms with Crippen molar-refractivity contribution in [2.24, 2.45) is 0 Å². The zero-order chi connectivity index (χ0) is 33.8. The molecule has 3 heterocycles. The van der Waals surface area contributed by atoms with Crippen LogP contribution in [0.3, 0.4) is 0 Å². The number of fused-ring (bicyclic) bond motifs is 1. The highest BCUT2D eigenvalue weighted by atomic mass is 16.7. The van der Waals surface area contributed by atoms with Gasteiger partial charge >= 0.3 is 0 Å². The third kappa shape index (κ3) is 6.93. The number of nitrogens with zero attached hydrogens (tertiary/aromatic N) is 1. The summed E-state index contributed by atoms with van der Waals surface area (Å²) in [5, 5.41) is 41.7. The monoisotopic (exact) mass is 665 g/mol. The normalized spacial score (nSPS) is 32.0. The molecule has 13 heteroatoms. The molecule has 6 rings (SSSR count). The van der Waals surface area contributed by atoms with E-state index in [9.17, 15) is 30.0 Å². The third-order valence-corrected chi connectivity index (χ3v) is 8.79. The molecule has 0 radical (unpaired) electrons. The van der Waals surface area contributed by atoms with Gasteiger partial charge in [0.25, 0.3) is 11.8 Å². The highest BCUT2D eigenvalue weighted by Gasteiger charge is 2.57. The largest absolute Gasteiger partial charge is 0.394 e. The molecular weight excluding hydrogens is 626 g/mol. The molecule has 3 aliphatic rings. The molecule has 3 aliphatic heterocycles. The van der Waals surface area contributed by atoms with Crippen LogP contribution >= 0.6 is 0 Å². The molecule has 0 aromatic heterocycles. The first-order valence-corrected chi connectivity index (χ1v) is 15.7. The smallest absolute Gasteiger partial charge is 0.262 e. The first kappa shape index (κ1) is 34.3. The lowest BCUT2D eigenvalue weighted by molar-refractivity contribution is -0.354. The Kier molecular flexibility index (Phi) is 10.9. The maximum atomic E-state index is 13.8. The van der Waals surface area contributed by atoms with Crippen molar-refractivity contribution < 1.29 is 58.4 Å². The molecule has 48 heavy (non-hydrogen) atoms. The molecule has 3 aromatic carbocycles. The van der Waals surface area contributed by atoms with Crippen molar-refractivity contribution >= 4 is 11.8 Å². The molecule has 2 amide bonds. The van der Waals surface area contributed by atoms with Gasteiger partial charge in [0.05, 0.1) is 37.6 Å². The Hall–Kier alpha value is -3.60. The number of carbonyl (C=O) groups is 2. The maximum absolute atomic E-state index is 13.8. The summed E-state index contributed by atoms with van der Waals surface area (Å²) in [5.41, 5.74) is 2.09. The molecule has 0 saturated carbocycles. The Morgan fingerprint density at radius 1 is 0.688 bits per heavy atom. The van der Waals surface area contributed by atoms with Crippen LogP contribution in [0.25, 0.3) is 0 Å². The van der Waals surface area contributed by atoms with Crippen LogP contribution in [0.5, 0.6) is 0 Å². The van der Waals surface area contributed by atoms with Crippen molar-refractivity contribution in [1.82, 2.24) is 4.90 Å². The lowest BCUT2D eigenvalue weighted by atomic mass is 9.94. The van der Waals surface area contributed by atoms with Crippen molar-refractivity contribution in [3.63, 3.8) is 0 Å². The van der Waals surface area contributed by atoms with Crippen LogP contribution in [-0.4, -0.2) is 119 Å². The zero-order valence-electron chi connectivity index (χ0n) is 26.2. The van der Waals surface area contributed by atoms with Gasteiger partial charge in [-0.15, -0.1) is 0 Å². The van der Waals surface area contributed by atoms with E-state index in [-0.39, 0.29) is 30.9 Å². The average Bonchev–Trinajstić information content (AvgIpc) is 3.37. The molecule has 10 atom stereocenters. The molecular formula is C35H39NO12. The quantitative estimate of drug-likeness (QED) is 0.203. The third-order valence-electron chi connectivity index (χ3n) is 8.79. The summed E-state index contributed by atoms with van der Waals surface area (Å²) in [6.45, 7) is -0.528. The summed E-state index contributed by atoms with van der Waals surface area (Å²) in [6.07, 6.45) is -12.5. The van der Waals surface area contributed by atoms with Crippen molar-refractivity contribution in [2.75, 3.05) is 20.3 Å². The van der Waals surface area contributed by atoms with Gasteiger partial charge in [0.2, 0.25) is 0 Å². The highest BCUT2D eigenvalue weighted by molar-refractivity contribution is 6.21. The van der Waals surface area contributed by atoms with Gasteiger partial charge < -0.3 is 48.8 Å². The fourth-order valence-corrected chi connectivity index (χ4v) is 6.29. The van der Waals surface area contributed by atoms with Gasteiger partial charge in [-0.3, -0.25) is 14.5 Å². The molecule has 0 aliphatic carbocycles. The fourth-order valence-electron chi connectivity index (χ4n) is 6.29. The molecule has 0 bridgehead atoms. The molecule has 4 N–H and O–H groups in total. The summed E-state index contributed by atoms with van der Waals surface area (Å²) < 4.78 is 36.8. The van der Waals surface area contributed by atoms with E-state index < -0.39 is 79.8 Å². The van der Waals surface area contributed by atoms with Gasteiger partial charge in [0.15, 0.2) is 12.6 Å². The molecule has 0 unspecified atom stereocenters. The lowest BCUT2D eigenvalue weighted by Gasteiger charge is -2.49. The summed E-state index contributed by atoms with van der Waals surface area (Å²) in [7, 11) is 1.38. The number of ether oxygens (including phenoxy) is 6. The zero-order valence-corrected chi connectivity index (χ0v) is 26.2. The summed E-state index contributed by atoms with van der Waals surface area (Å²) in [5.74, 6) is -1.16. The number of hydrogen-bond acceptors (Lipinski definition) is 12. The predicted octanol–water partition coefficient (Wildman–Crippen LogP) is 1.01. The number of aliphatic hydroxyl groups excluding tert-OH is 4. The molecule has 2 fully saturated rings. The van der Waals surface area contributed by atoms with Crippen molar-refractivity contribution in [2.45, 2.75) is 74.6 Å². The Balaban J connectivity index is 1.37. The minimum atomic E-state index is -1.75. The maximum Gasteiger partial charge on any atom is 0.262 e. The van der Waals surface area contributed by atoms with Crippen LogP contribution in [0, 0.1) is 0 Å². The Morgan fingerprint density at radius 3 is 1.83 bits per heavy atom. The summed E-state index contributed by atoms with van der Waals surface area (Å²) in [6, 6.07) is 23.9. The number of rotatable bonds is 12. The second kappa shape index (κ2) is 15.3.